The molecule has 6 heteroatoms. The highest BCUT2D eigenvalue weighted by Crippen LogP contribution is 2.32. The molecular weight excluding hydrogens is 455 g/mol. The molecule has 0 fully saturated rings. The molecule has 0 spiro atoms. The van der Waals surface area contributed by atoms with Crippen LogP contribution in [0.25, 0.3) is 0 Å². The minimum atomic E-state index is -0.0114. The summed E-state index contributed by atoms with van der Waals surface area (Å²) < 4.78 is 6.31. The fraction of sp³-hybridized carbons (Fsp3) is 0.381. The smallest absolute Gasteiger partial charge is 0.251 e. The lowest BCUT2D eigenvalue weighted by atomic mass is 9.98. The number of aromatic hydroxyl groups is 1. The Bertz CT molecular complexity index is 793. The number of methoxy groups -OCH3 is 1. The second-order valence-electron chi connectivity index (χ2n) is 6.79. The Morgan fingerprint density at radius 3 is 2.74 bits per heavy atom. The highest BCUT2D eigenvalue weighted by Gasteiger charge is 2.18. The molecule has 2 N–H and O–H groups in total. The van der Waals surface area contributed by atoms with E-state index in [4.69, 9.17) is 4.74 Å². The summed E-state index contributed by atoms with van der Waals surface area (Å²) >= 11 is 2.23. The maximum absolute atomic E-state index is 12.1. The third-order valence-corrected chi connectivity index (χ3v) is 5.60. The van der Waals surface area contributed by atoms with E-state index in [1.165, 1.54) is 11.1 Å². The van der Waals surface area contributed by atoms with Crippen molar-refractivity contribution in [3.63, 3.8) is 0 Å². The summed E-state index contributed by atoms with van der Waals surface area (Å²) in [6, 6.07) is 11.4. The van der Waals surface area contributed by atoms with Crippen molar-refractivity contribution >= 4 is 28.5 Å². The van der Waals surface area contributed by atoms with Crippen LogP contribution in [0.4, 0.5) is 0 Å². The maximum atomic E-state index is 12.1. The summed E-state index contributed by atoms with van der Waals surface area (Å²) in [6.45, 7) is 3.54. The van der Waals surface area contributed by atoms with Crippen LogP contribution in [-0.4, -0.2) is 42.7 Å². The Hall–Kier alpha value is -1.80. The van der Waals surface area contributed by atoms with Gasteiger partial charge in [0.05, 0.1) is 7.11 Å². The lowest BCUT2D eigenvalue weighted by Gasteiger charge is -2.29. The van der Waals surface area contributed by atoms with E-state index in [-0.39, 0.29) is 11.7 Å². The van der Waals surface area contributed by atoms with E-state index in [0.29, 0.717) is 17.9 Å². The monoisotopic (exact) mass is 480 g/mol. The number of halogens is 1. The first-order chi connectivity index (χ1) is 13.1. The molecule has 0 radical (unpaired) electrons. The van der Waals surface area contributed by atoms with Crippen LogP contribution in [0, 0.1) is 3.57 Å². The molecule has 2 aromatic carbocycles. The maximum Gasteiger partial charge on any atom is 0.251 e. The van der Waals surface area contributed by atoms with Crippen molar-refractivity contribution in [2.24, 2.45) is 0 Å². The van der Waals surface area contributed by atoms with Crippen LogP contribution in [0.5, 0.6) is 11.5 Å². The number of fused-ring (bicyclic) bond motifs is 1. The van der Waals surface area contributed by atoms with Gasteiger partial charge in [-0.05, 0) is 95.9 Å². The van der Waals surface area contributed by atoms with Crippen LogP contribution < -0.4 is 10.1 Å². The molecule has 5 nitrogen and oxygen atoms in total. The number of carbonyl (C=O) groups excluding carboxylic acids is 1. The van der Waals surface area contributed by atoms with Gasteiger partial charge in [-0.2, -0.15) is 0 Å². The largest absolute Gasteiger partial charge is 0.504 e. The van der Waals surface area contributed by atoms with Crippen LogP contribution in [0.3, 0.4) is 0 Å². The van der Waals surface area contributed by atoms with Crippen LogP contribution in [-0.2, 0) is 13.0 Å². The molecule has 0 saturated carbocycles. The first-order valence-electron chi connectivity index (χ1n) is 9.21. The number of rotatable bonds is 7. The molecule has 144 valence electrons. The molecule has 0 bridgehead atoms. The summed E-state index contributed by atoms with van der Waals surface area (Å²) in [4.78, 5) is 14.5. The van der Waals surface area contributed by atoms with Crippen LogP contribution in [0.2, 0.25) is 0 Å². The summed E-state index contributed by atoms with van der Waals surface area (Å²) in [5.74, 6) is 0.741. The zero-order valence-corrected chi connectivity index (χ0v) is 17.7. The van der Waals surface area contributed by atoms with Gasteiger partial charge in [0, 0.05) is 28.8 Å². The fourth-order valence-corrected chi connectivity index (χ4v) is 3.71. The average molecular weight is 480 g/mol. The predicted octanol–water partition coefficient (Wildman–Crippen LogP) is 3.57. The molecule has 0 unspecified atom stereocenters. The third kappa shape index (κ3) is 5.35. The molecule has 1 aliphatic rings. The Labute approximate surface area is 173 Å². The van der Waals surface area contributed by atoms with Crippen LogP contribution in [0.1, 0.15) is 34.3 Å². The Morgan fingerprint density at radius 1 is 1.22 bits per heavy atom. The summed E-state index contributed by atoms with van der Waals surface area (Å²) in [5, 5.41) is 13.0. The lowest BCUT2D eigenvalue weighted by Crippen LogP contribution is -2.32. The van der Waals surface area contributed by atoms with Crippen molar-refractivity contribution in [2.45, 2.75) is 25.8 Å². The number of phenolic OH excluding ortho intramolecular Hbond substituents is 1. The zero-order chi connectivity index (χ0) is 19.2. The zero-order valence-electron chi connectivity index (χ0n) is 15.5. The lowest BCUT2D eigenvalue weighted by molar-refractivity contribution is 0.0952. The molecule has 0 aliphatic carbocycles. The molecule has 3 rings (SSSR count). The number of hydrogen-bond donors (Lipinski definition) is 2. The van der Waals surface area contributed by atoms with E-state index in [0.717, 1.165) is 42.5 Å². The number of unbranched alkanes of at least 4 members (excludes halogenated alkanes) is 1. The van der Waals surface area contributed by atoms with Gasteiger partial charge in [-0.25, -0.2) is 0 Å². The van der Waals surface area contributed by atoms with E-state index in [1.807, 2.05) is 36.4 Å². The number of hydrogen-bond acceptors (Lipinski definition) is 4. The number of nitrogens with zero attached hydrogens (tertiary/aromatic N) is 1. The predicted molar refractivity (Wildman–Crippen MR) is 114 cm³/mol. The van der Waals surface area contributed by atoms with E-state index in [9.17, 15) is 9.90 Å². The van der Waals surface area contributed by atoms with Gasteiger partial charge in [-0.3, -0.25) is 9.69 Å². The third-order valence-electron chi connectivity index (χ3n) is 4.89. The van der Waals surface area contributed by atoms with Gasteiger partial charge in [0.1, 0.15) is 0 Å². The van der Waals surface area contributed by atoms with Crippen molar-refractivity contribution in [3.8, 4) is 11.5 Å². The van der Waals surface area contributed by atoms with Crippen molar-refractivity contribution < 1.29 is 14.6 Å². The standard InChI is InChI=1S/C21H25IN2O3/c1-27-20-13-16-8-11-24(14-17(16)12-19(20)25)10-3-2-9-23-21(26)15-4-6-18(22)7-5-15/h4-7,12-13,25H,2-3,8-11,14H2,1H3,(H,23,26). The Morgan fingerprint density at radius 2 is 2.00 bits per heavy atom. The normalized spacial score (nSPS) is 13.9. The SMILES string of the molecule is COc1cc2c(cc1O)CN(CCCCNC(=O)c1ccc(I)cc1)CC2. The minimum Gasteiger partial charge on any atom is -0.504 e. The van der Waals surface area contributed by atoms with E-state index in [2.05, 4.69) is 32.8 Å². The molecule has 2 aromatic rings. The van der Waals surface area contributed by atoms with Gasteiger partial charge in [0.25, 0.3) is 5.91 Å². The summed E-state index contributed by atoms with van der Waals surface area (Å²) in [6.07, 6.45) is 2.95. The van der Waals surface area contributed by atoms with Crippen molar-refractivity contribution in [3.05, 3.63) is 56.7 Å². The molecular formula is C21H25IN2O3. The van der Waals surface area contributed by atoms with Gasteiger partial charge < -0.3 is 15.2 Å². The van der Waals surface area contributed by atoms with Crippen molar-refractivity contribution in [1.82, 2.24) is 10.2 Å². The van der Waals surface area contributed by atoms with E-state index >= 15 is 0 Å². The van der Waals surface area contributed by atoms with Gasteiger partial charge in [0.2, 0.25) is 0 Å². The van der Waals surface area contributed by atoms with E-state index in [1.54, 1.807) is 7.11 Å². The first-order valence-corrected chi connectivity index (χ1v) is 10.3. The molecule has 0 atom stereocenters. The number of amides is 1. The number of benzene rings is 2. The number of nitrogens with one attached hydrogen (secondary N) is 1. The highest BCUT2D eigenvalue weighted by atomic mass is 127. The second-order valence-corrected chi connectivity index (χ2v) is 8.03. The second kappa shape index (κ2) is 9.41. The van der Waals surface area contributed by atoms with Crippen LogP contribution in [0.15, 0.2) is 36.4 Å². The summed E-state index contributed by atoms with van der Waals surface area (Å²) in [5.41, 5.74) is 3.13. The molecule has 1 heterocycles. The van der Waals surface area contributed by atoms with Crippen LogP contribution >= 0.6 is 22.6 Å². The average Bonchev–Trinajstić information content (AvgIpc) is 2.67. The molecule has 1 amide bonds. The summed E-state index contributed by atoms with van der Waals surface area (Å²) in [7, 11) is 1.58. The Kier molecular flexibility index (Phi) is 6.95. The van der Waals surface area contributed by atoms with Gasteiger partial charge in [-0.15, -0.1) is 0 Å². The highest BCUT2D eigenvalue weighted by molar-refractivity contribution is 14.1. The minimum absolute atomic E-state index is 0.0114. The molecule has 27 heavy (non-hydrogen) atoms. The molecule has 1 aliphatic heterocycles. The number of carbonyl (C=O) groups is 1. The van der Waals surface area contributed by atoms with Gasteiger partial charge >= 0.3 is 0 Å². The van der Waals surface area contributed by atoms with Gasteiger partial charge in [-0.1, -0.05) is 0 Å². The Balaban J connectivity index is 1.39. The quantitative estimate of drug-likeness (QED) is 0.470. The van der Waals surface area contributed by atoms with Crippen molar-refractivity contribution in [1.29, 1.82) is 0 Å². The molecule has 0 aromatic heterocycles. The fourth-order valence-electron chi connectivity index (χ4n) is 3.35. The molecule has 0 saturated heterocycles. The van der Waals surface area contributed by atoms with Gasteiger partial charge in [0.15, 0.2) is 11.5 Å². The number of ether oxygens (including phenoxy) is 1. The number of phenols is 1. The van der Waals surface area contributed by atoms with Crippen molar-refractivity contribution in [2.75, 3.05) is 26.7 Å². The van der Waals surface area contributed by atoms with E-state index < -0.39 is 0 Å². The topological polar surface area (TPSA) is 61.8 Å². The first kappa shape index (κ1) is 19.9.